The van der Waals surface area contributed by atoms with Gasteiger partial charge < -0.3 is 4.98 Å². The molecule has 3 aromatic rings. The van der Waals surface area contributed by atoms with E-state index in [1.165, 1.54) is 6.20 Å². The fourth-order valence-electron chi connectivity index (χ4n) is 2.92. The van der Waals surface area contributed by atoms with Gasteiger partial charge in [0.1, 0.15) is 5.15 Å². The van der Waals surface area contributed by atoms with Gasteiger partial charge in [-0.3, -0.25) is 4.79 Å². The molecular formula is C19H16Cl2N4O. The standard InChI is InChI=1S/C19H16Cl2N4O/c1-3-11-6-12-4-5-14(7-15(12)24-17(11)26)19(2,10-22)8-13-9-23-18(21)25-16(13)20/h4-7,9H,3,8H2,1-2H3,(H,24,26). The van der Waals surface area contributed by atoms with Crippen molar-refractivity contribution in [1.82, 2.24) is 15.0 Å². The minimum absolute atomic E-state index is 0.0624. The van der Waals surface area contributed by atoms with Crippen LogP contribution in [0.25, 0.3) is 10.9 Å². The Morgan fingerprint density at radius 2 is 2.04 bits per heavy atom. The third-order valence-corrected chi connectivity index (χ3v) is 5.02. The highest BCUT2D eigenvalue weighted by atomic mass is 35.5. The molecule has 0 saturated heterocycles. The normalized spacial score (nSPS) is 13.3. The van der Waals surface area contributed by atoms with Gasteiger partial charge in [0.25, 0.3) is 5.56 Å². The first-order valence-electron chi connectivity index (χ1n) is 8.11. The van der Waals surface area contributed by atoms with Crippen molar-refractivity contribution in [2.24, 2.45) is 0 Å². The highest BCUT2D eigenvalue weighted by Gasteiger charge is 2.29. The molecule has 0 aliphatic carbocycles. The van der Waals surface area contributed by atoms with Gasteiger partial charge in [0, 0.05) is 22.8 Å². The maximum atomic E-state index is 12.1. The quantitative estimate of drug-likeness (QED) is 0.537. The van der Waals surface area contributed by atoms with Gasteiger partial charge >= 0.3 is 0 Å². The first kappa shape index (κ1) is 18.4. The number of pyridine rings is 1. The minimum atomic E-state index is -0.866. The van der Waals surface area contributed by atoms with Crippen LogP contribution in [0.5, 0.6) is 0 Å². The maximum Gasteiger partial charge on any atom is 0.251 e. The summed E-state index contributed by atoms with van der Waals surface area (Å²) in [6.45, 7) is 3.76. The van der Waals surface area contributed by atoms with Crippen molar-refractivity contribution >= 4 is 34.1 Å². The number of nitrogens with one attached hydrogen (secondary N) is 1. The number of halogens is 2. The Balaban J connectivity index is 2.06. The fraction of sp³-hybridized carbons (Fsp3) is 0.263. The number of aryl methyl sites for hydroxylation is 1. The van der Waals surface area contributed by atoms with Crippen LogP contribution in [0.4, 0.5) is 0 Å². The molecule has 5 nitrogen and oxygen atoms in total. The summed E-state index contributed by atoms with van der Waals surface area (Å²) in [5, 5.41) is 11.0. The number of nitriles is 1. The van der Waals surface area contributed by atoms with Crippen molar-refractivity contribution in [3.8, 4) is 6.07 Å². The Bertz CT molecular complexity index is 1090. The summed E-state index contributed by atoms with van der Waals surface area (Å²) < 4.78 is 0. The van der Waals surface area contributed by atoms with Crippen molar-refractivity contribution in [2.75, 3.05) is 0 Å². The second-order valence-electron chi connectivity index (χ2n) is 6.36. The van der Waals surface area contributed by atoms with Crippen molar-refractivity contribution in [3.63, 3.8) is 0 Å². The molecule has 1 atom stereocenters. The van der Waals surface area contributed by atoms with E-state index in [-0.39, 0.29) is 16.0 Å². The van der Waals surface area contributed by atoms with Gasteiger partial charge in [-0.1, -0.05) is 30.7 Å². The fourth-order valence-corrected chi connectivity index (χ4v) is 3.30. The average molecular weight is 387 g/mol. The first-order valence-corrected chi connectivity index (χ1v) is 8.86. The number of hydrogen-bond acceptors (Lipinski definition) is 4. The Morgan fingerprint density at radius 3 is 2.69 bits per heavy atom. The van der Waals surface area contributed by atoms with E-state index in [9.17, 15) is 10.1 Å². The lowest BCUT2D eigenvalue weighted by Crippen LogP contribution is -2.23. The molecule has 3 rings (SSSR count). The molecule has 7 heteroatoms. The highest BCUT2D eigenvalue weighted by Crippen LogP contribution is 2.31. The Labute approximate surface area is 160 Å². The largest absolute Gasteiger partial charge is 0.322 e. The van der Waals surface area contributed by atoms with Crippen molar-refractivity contribution in [2.45, 2.75) is 32.1 Å². The molecule has 0 bridgehead atoms. The molecule has 2 aromatic heterocycles. The smallest absolute Gasteiger partial charge is 0.251 e. The van der Waals surface area contributed by atoms with E-state index in [1.807, 2.05) is 38.1 Å². The predicted octanol–water partition coefficient (Wildman–Crippen LogP) is 4.21. The number of hydrogen-bond donors (Lipinski definition) is 1. The molecule has 26 heavy (non-hydrogen) atoms. The Kier molecular flexibility index (Phi) is 4.99. The summed E-state index contributed by atoms with van der Waals surface area (Å²) in [5.41, 5.74) is 1.87. The van der Waals surface area contributed by atoms with Gasteiger partial charge in [-0.25, -0.2) is 9.97 Å². The molecule has 0 amide bonds. The van der Waals surface area contributed by atoms with Crippen LogP contribution in [-0.4, -0.2) is 15.0 Å². The Morgan fingerprint density at radius 1 is 1.27 bits per heavy atom. The van der Waals surface area contributed by atoms with Crippen LogP contribution < -0.4 is 5.56 Å². The van der Waals surface area contributed by atoms with Crippen LogP contribution in [0.2, 0.25) is 10.4 Å². The Hall–Kier alpha value is -2.42. The van der Waals surface area contributed by atoms with E-state index in [4.69, 9.17) is 23.2 Å². The number of H-pyrrole nitrogens is 1. The number of aromatic nitrogens is 3. The van der Waals surface area contributed by atoms with E-state index in [0.717, 1.165) is 16.5 Å². The van der Waals surface area contributed by atoms with Crippen LogP contribution >= 0.6 is 23.2 Å². The van der Waals surface area contributed by atoms with Crippen LogP contribution in [0.1, 0.15) is 30.5 Å². The first-order chi connectivity index (χ1) is 12.4. The molecule has 0 aliphatic rings. The molecule has 1 unspecified atom stereocenters. The number of fused-ring (bicyclic) bond motifs is 1. The number of benzene rings is 1. The molecule has 0 fully saturated rings. The van der Waals surface area contributed by atoms with Crippen molar-refractivity contribution < 1.29 is 0 Å². The third kappa shape index (κ3) is 3.44. The zero-order valence-corrected chi connectivity index (χ0v) is 15.8. The lowest BCUT2D eigenvalue weighted by molar-refractivity contribution is 0.604. The molecule has 0 spiro atoms. The zero-order valence-electron chi connectivity index (χ0n) is 14.3. The maximum absolute atomic E-state index is 12.1. The molecular weight excluding hydrogens is 371 g/mol. The van der Waals surface area contributed by atoms with Crippen LogP contribution in [0, 0.1) is 11.3 Å². The van der Waals surface area contributed by atoms with Crippen molar-refractivity contribution in [3.05, 3.63) is 67.9 Å². The summed E-state index contributed by atoms with van der Waals surface area (Å²) in [5.74, 6) is 0. The van der Waals surface area contributed by atoms with E-state index < -0.39 is 5.41 Å². The number of aromatic amines is 1. The van der Waals surface area contributed by atoms with Gasteiger partial charge in [0.05, 0.1) is 11.5 Å². The predicted molar refractivity (Wildman–Crippen MR) is 103 cm³/mol. The number of nitrogens with zero attached hydrogens (tertiary/aromatic N) is 3. The second-order valence-corrected chi connectivity index (χ2v) is 7.05. The van der Waals surface area contributed by atoms with Gasteiger partial charge in [-0.2, -0.15) is 5.26 Å². The lowest BCUT2D eigenvalue weighted by Gasteiger charge is -2.23. The molecule has 0 aliphatic heterocycles. The highest BCUT2D eigenvalue weighted by molar-refractivity contribution is 6.32. The van der Waals surface area contributed by atoms with Crippen LogP contribution in [-0.2, 0) is 18.3 Å². The SMILES string of the molecule is CCc1cc2ccc(C(C)(C#N)Cc3cnc(Cl)nc3Cl)cc2[nH]c1=O. The molecule has 132 valence electrons. The molecule has 1 aromatic carbocycles. The van der Waals surface area contributed by atoms with E-state index >= 15 is 0 Å². The lowest BCUT2D eigenvalue weighted by atomic mass is 9.79. The van der Waals surface area contributed by atoms with E-state index in [2.05, 4.69) is 21.0 Å². The van der Waals surface area contributed by atoms with Gasteiger partial charge in [-0.05, 0) is 54.4 Å². The summed E-state index contributed by atoms with van der Waals surface area (Å²) in [7, 11) is 0. The minimum Gasteiger partial charge on any atom is -0.322 e. The summed E-state index contributed by atoms with van der Waals surface area (Å²) in [4.78, 5) is 22.9. The van der Waals surface area contributed by atoms with E-state index in [1.54, 1.807) is 0 Å². The second kappa shape index (κ2) is 7.06. The monoisotopic (exact) mass is 386 g/mol. The molecule has 0 radical (unpaired) electrons. The van der Waals surface area contributed by atoms with E-state index in [0.29, 0.717) is 23.9 Å². The van der Waals surface area contributed by atoms with Gasteiger partial charge in [0.15, 0.2) is 0 Å². The molecule has 1 N–H and O–H groups in total. The average Bonchev–Trinajstić information content (AvgIpc) is 2.62. The molecule has 0 saturated carbocycles. The summed E-state index contributed by atoms with van der Waals surface area (Å²) in [6.07, 6.45) is 2.52. The van der Waals surface area contributed by atoms with Crippen LogP contribution in [0.3, 0.4) is 0 Å². The number of rotatable bonds is 4. The van der Waals surface area contributed by atoms with Gasteiger partial charge in [-0.15, -0.1) is 0 Å². The topological polar surface area (TPSA) is 82.4 Å². The van der Waals surface area contributed by atoms with Crippen molar-refractivity contribution in [1.29, 1.82) is 5.26 Å². The summed E-state index contributed by atoms with van der Waals surface area (Å²) in [6, 6.07) is 9.87. The molecule has 2 heterocycles. The summed E-state index contributed by atoms with van der Waals surface area (Å²) >= 11 is 11.9. The third-order valence-electron chi connectivity index (χ3n) is 4.51. The van der Waals surface area contributed by atoms with Gasteiger partial charge in [0.2, 0.25) is 5.28 Å². The zero-order chi connectivity index (χ0) is 18.9. The van der Waals surface area contributed by atoms with Crippen LogP contribution in [0.15, 0.2) is 35.3 Å².